The average molecular weight is 278 g/mol. The van der Waals surface area contributed by atoms with Crippen molar-refractivity contribution in [3.8, 4) is 5.88 Å². The van der Waals surface area contributed by atoms with Crippen molar-refractivity contribution in [3.05, 3.63) is 17.8 Å². The molecule has 108 valence electrons. The van der Waals surface area contributed by atoms with Gasteiger partial charge in [0.2, 0.25) is 5.88 Å². The normalized spacial score (nSPS) is 14.8. The lowest BCUT2D eigenvalue weighted by Crippen LogP contribution is -2.34. The predicted molar refractivity (Wildman–Crippen MR) is 73.3 cm³/mol. The van der Waals surface area contributed by atoms with Crippen LogP contribution in [-0.2, 0) is 4.74 Å². The Morgan fingerprint density at radius 2 is 2.15 bits per heavy atom. The number of aromatic nitrogens is 1. The summed E-state index contributed by atoms with van der Waals surface area (Å²) < 4.78 is 10.2. The minimum Gasteiger partial charge on any atom is -0.481 e. The van der Waals surface area contributed by atoms with Gasteiger partial charge in [-0.15, -0.1) is 0 Å². The first kappa shape index (κ1) is 14.3. The van der Waals surface area contributed by atoms with Crippen molar-refractivity contribution in [2.24, 2.45) is 0 Å². The number of hydrogen-bond donors (Lipinski definition) is 0. The van der Waals surface area contributed by atoms with Gasteiger partial charge in [0.15, 0.2) is 5.78 Å². The fourth-order valence-corrected chi connectivity index (χ4v) is 2.06. The number of methoxy groups -OCH3 is 1. The number of carbonyl (C=O) groups excluding carboxylic acids is 2. The summed E-state index contributed by atoms with van der Waals surface area (Å²) >= 11 is 0. The molecule has 0 N–H and O–H groups in total. The van der Waals surface area contributed by atoms with E-state index in [9.17, 15) is 9.59 Å². The van der Waals surface area contributed by atoms with Gasteiger partial charge in [-0.2, -0.15) is 0 Å². The maximum Gasteiger partial charge on any atom is 0.414 e. The first-order valence-electron chi connectivity index (χ1n) is 6.59. The number of amides is 1. The molecule has 20 heavy (non-hydrogen) atoms. The molecule has 6 heteroatoms. The summed E-state index contributed by atoms with van der Waals surface area (Å²) in [6.45, 7) is 4.01. The highest BCUT2D eigenvalue weighted by molar-refractivity contribution is 6.04. The zero-order chi connectivity index (χ0) is 14.7. The number of rotatable bonds is 2. The predicted octanol–water partition coefficient (Wildman–Crippen LogP) is 2.42. The van der Waals surface area contributed by atoms with Crippen molar-refractivity contribution in [1.29, 1.82) is 0 Å². The minimum absolute atomic E-state index is 0.0845. The molecule has 1 aliphatic rings. The van der Waals surface area contributed by atoms with Crippen molar-refractivity contribution in [1.82, 2.24) is 4.98 Å². The summed E-state index contributed by atoms with van der Waals surface area (Å²) in [7, 11) is 1.49. The van der Waals surface area contributed by atoms with Crippen LogP contribution in [0.4, 0.5) is 10.5 Å². The first-order chi connectivity index (χ1) is 9.52. The summed E-state index contributed by atoms with van der Waals surface area (Å²) in [5.41, 5.74) is 0.751. The van der Waals surface area contributed by atoms with Crippen LogP contribution in [0.3, 0.4) is 0 Å². The summed E-state index contributed by atoms with van der Waals surface area (Å²) in [4.78, 5) is 29.8. The quantitative estimate of drug-likeness (QED) is 0.831. The number of fused-ring (bicyclic) bond motifs is 1. The third-order valence-corrected chi connectivity index (χ3v) is 2.95. The molecule has 0 saturated carbocycles. The first-order valence-corrected chi connectivity index (χ1v) is 6.59. The zero-order valence-corrected chi connectivity index (χ0v) is 11.9. The van der Waals surface area contributed by atoms with E-state index in [1.54, 1.807) is 26.0 Å². The van der Waals surface area contributed by atoms with Crippen LogP contribution in [0.25, 0.3) is 0 Å². The molecule has 0 aromatic carbocycles. The molecule has 0 saturated heterocycles. The van der Waals surface area contributed by atoms with Crippen LogP contribution in [-0.4, -0.2) is 36.6 Å². The standard InChI is InChI=1S/C14H18N2O4/c1-9(2)20-14(18)16-8-4-5-11(17)13-10(16)6-7-12(15-13)19-3/h6-7,9H,4-5,8H2,1-3H3. The minimum atomic E-state index is -0.456. The molecule has 2 rings (SSSR count). The van der Waals surface area contributed by atoms with E-state index in [0.29, 0.717) is 31.0 Å². The second kappa shape index (κ2) is 5.90. The Hall–Kier alpha value is -2.11. The number of anilines is 1. The number of ketones is 1. The maximum absolute atomic E-state index is 12.1. The zero-order valence-electron chi connectivity index (χ0n) is 11.9. The fraction of sp³-hybridized carbons (Fsp3) is 0.500. The maximum atomic E-state index is 12.1. The number of pyridine rings is 1. The largest absolute Gasteiger partial charge is 0.481 e. The number of Topliss-reactive ketones (excluding diaryl/α,β-unsaturated/α-hetero) is 1. The lowest BCUT2D eigenvalue weighted by molar-refractivity contribution is 0.0977. The topological polar surface area (TPSA) is 68.7 Å². The number of carbonyl (C=O) groups is 2. The highest BCUT2D eigenvalue weighted by Crippen LogP contribution is 2.27. The van der Waals surface area contributed by atoms with Crippen LogP contribution in [0.2, 0.25) is 0 Å². The van der Waals surface area contributed by atoms with Crippen molar-refractivity contribution >= 4 is 17.6 Å². The number of hydrogen-bond acceptors (Lipinski definition) is 5. The number of ether oxygens (including phenoxy) is 2. The van der Waals surface area contributed by atoms with E-state index in [2.05, 4.69) is 4.98 Å². The molecule has 0 unspecified atom stereocenters. The SMILES string of the molecule is COc1ccc2c(n1)C(=O)CCCN2C(=O)OC(C)C. The summed E-state index contributed by atoms with van der Waals surface area (Å²) in [6.07, 6.45) is 0.280. The molecule has 2 heterocycles. The van der Waals surface area contributed by atoms with Gasteiger partial charge in [0.1, 0.15) is 5.69 Å². The van der Waals surface area contributed by atoms with E-state index < -0.39 is 6.09 Å². The van der Waals surface area contributed by atoms with Crippen molar-refractivity contribution < 1.29 is 19.1 Å². The van der Waals surface area contributed by atoms with E-state index in [1.165, 1.54) is 12.0 Å². The molecule has 1 aromatic rings. The van der Waals surface area contributed by atoms with Gasteiger partial charge < -0.3 is 9.47 Å². The van der Waals surface area contributed by atoms with Crippen LogP contribution in [0.5, 0.6) is 5.88 Å². The van der Waals surface area contributed by atoms with E-state index in [4.69, 9.17) is 9.47 Å². The second-order valence-electron chi connectivity index (χ2n) is 4.83. The lowest BCUT2D eigenvalue weighted by Gasteiger charge is -2.22. The Bertz CT molecular complexity index is 528. The fourth-order valence-electron chi connectivity index (χ4n) is 2.06. The van der Waals surface area contributed by atoms with Gasteiger partial charge in [-0.3, -0.25) is 9.69 Å². The Morgan fingerprint density at radius 1 is 1.40 bits per heavy atom. The molecular formula is C14H18N2O4. The van der Waals surface area contributed by atoms with Crippen LogP contribution in [0.15, 0.2) is 12.1 Å². The third-order valence-electron chi connectivity index (χ3n) is 2.95. The Labute approximate surface area is 117 Å². The van der Waals surface area contributed by atoms with Crippen LogP contribution < -0.4 is 9.64 Å². The Balaban J connectivity index is 2.39. The molecule has 1 amide bonds. The highest BCUT2D eigenvalue weighted by atomic mass is 16.6. The monoisotopic (exact) mass is 278 g/mol. The van der Waals surface area contributed by atoms with Crippen LogP contribution >= 0.6 is 0 Å². The molecular weight excluding hydrogens is 260 g/mol. The van der Waals surface area contributed by atoms with Crippen molar-refractivity contribution in [2.45, 2.75) is 32.8 Å². The van der Waals surface area contributed by atoms with Crippen LogP contribution in [0.1, 0.15) is 37.2 Å². The van der Waals surface area contributed by atoms with Crippen molar-refractivity contribution in [3.63, 3.8) is 0 Å². The van der Waals surface area contributed by atoms with Gasteiger partial charge in [-0.1, -0.05) is 0 Å². The molecule has 0 spiro atoms. The van der Waals surface area contributed by atoms with Gasteiger partial charge in [-0.25, -0.2) is 9.78 Å². The van der Waals surface area contributed by atoms with E-state index in [1.807, 2.05) is 0 Å². The molecule has 1 aromatic heterocycles. The van der Waals surface area contributed by atoms with E-state index >= 15 is 0 Å². The van der Waals surface area contributed by atoms with E-state index in [0.717, 1.165) is 0 Å². The second-order valence-corrected chi connectivity index (χ2v) is 4.83. The number of nitrogens with zero attached hydrogens (tertiary/aromatic N) is 2. The van der Waals surface area contributed by atoms with Gasteiger partial charge >= 0.3 is 6.09 Å². The molecule has 0 radical (unpaired) electrons. The molecule has 0 fully saturated rings. The molecule has 1 aliphatic heterocycles. The van der Waals surface area contributed by atoms with Crippen molar-refractivity contribution in [2.75, 3.05) is 18.6 Å². The highest BCUT2D eigenvalue weighted by Gasteiger charge is 2.28. The van der Waals surface area contributed by atoms with Gasteiger partial charge in [0.05, 0.1) is 18.9 Å². The molecule has 0 bridgehead atoms. The summed E-state index contributed by atoms with van der Waals surface area (Å²) in [5, 5.41) is 0. The van der Waals surface area contributed by atoms with Gasteiger partial charge in [0, 0.05) is 19.0 Å². The lowest BCUT2D eigenvalue weighted by atomic mass is 10.1. The molecule has 6 nitrogen and oxygen atoms in total. The average Bonchev–Trinajstić information content (AvgIpc) is 2.57. The third kappa shape index (κ3) is 2.89. The van der Waals surface area contributed by atoms with E-state index in [-0.39, 0.29) is 17.6 Å². The molecule has 0 atom stereocenters. The molecule has 0 aliphatic carbocycles. The van der Waals surface area contributed by atoms with Crippen LogP contribution in [0, 0.1) is 0 Å². The Kier molecular flexibility index (Phi) is 4.22. The Morgan fingerprint density at radius 3 is 2.80 bits per heavy atom. The van der Waals surface area contributed by atoms with Gasteiger partial charge in [-0.05, 0) is 26.3 Å². The van der Waals surface area contributed by atoms with Gasteiger partial charge in [0.25, 0.3) is 0 Å². The smallest absolute Gasteiger partial charge is 0.414 e. The summed E-state index contributed by atoms with van der Waals surface area (Å²) in [6, 6.07) is 3.30. The summed E-state index contributed by atoms with van der Waals surface area (Å²) in [5.74, 6) is 0.273.